The summed E-state index contributed by atoms with van der Waals surface area (Å²) in [5.41, 5.74) is 2.10. The molecule has 6 nitrogen and oxygen atoms in total. The van der Waals surface area contributed by atoms with E-state index in [9.17, 15) is 4.79 Å². The summed E-state index contributed by atoms with van der Waals surface area (Å²) in [5, 5.41) is 8.27. The van der Waals surface area contributed by atoms with Crippen LogP contribution in [0.3, 0.4) is 0 Å². The van der Waals surface area contributed by atoms with Gasteiger partial charge in [-0.2, -0.15) is 0 Å². The number of likely N-dealkylation sites (tertiary alicyclic amines) is 1. The molecule has 0 bridgehead atoms. The third-order valence-electron chi connectivity index (χ3n) is 3.90. The van der Waals surface area contributed by atoms with Gasteiger partial charge in [-0.15, -0.1) is 10.2 Å². The minimum atomic E-state index is 0.00303. The van der Waals surface area contributed by atoms with Gasteiger partial charge in [0.1, 0.15) is 6.61 Å². The molecule has 6 heteroatoms. The Kier molecular flexibility index (Phi) is 4.20. The van der Waals surface area contributed by atoms with Gasteiger partial charge in [-0.1, -0.05) is 17.7 Å². The quantitative estimate of drug-likeness (QED) is 0.864. The number of carbonyl (C=O) groups is 1. The zero-order valence-electron chi connectivity index (χ0n) is 12.8. The predicted octanol–water partition coefficient (Wildman–Crippen LogP) is 2.01. The Bertz CT molecular complexity index is 651. The lowest BCUT2D eigenvalue weighted by atomic mass is 10.1. The van der Waals surface area contributed by atoms with Crippen LogP contribution in [-0.2, 0) is 9.53 Å². The Labute approximate surface area is 129 Å². The number of carbonyl (C=O) groups excluding carboxylic acids is 1. The topological polar surface area (TPSA) is 68.5 Å². The van der Waals surface area contributed by atoms with Crippen molar-refractivity contribution >= 4 is 5.91 Å². The first-order valence-electron chi connectivity index (χ1n) is 7.34. The molecule has 22 heavy (non-hydrogen) atoms. The van der Waals surface area contributed by atoms with E-state index >= 15 is 0 Å². The molecule has 1 aliphatic heterocycles. The van der Waals surface area contributed by atoms with Crippen molar-refractivity contribution in [3.8, 4) is 11.5 Å². The van der Waals surface area contributed by atoms with Crippen molar-refractivity contribution in [3.63, 3.8) is 0 Å². The van der Waals surface area contributed by atoms with Crippen LogP contribution in [-0.4, -0.2) is 47.8 Å². The number of methoxy groups -OCH3 is 1. The Morgan fingerprint density at radius 2 is 2.14 bits per heavy atom. The highest BCUT2D eigenvalue weighted by Crippen LogP contribution is 2.28. The maximum absolute atomic E-state index is 11.8. The largest absolute Gasteiger partial charge is 0.420 e. The van der Waals surface area contributed by atoms with E-state index in [1.165, 1.54) is 12.7 Å². The third-order valence-corrected chi connectivity index (χ3v) is 3.90. The van der Waals surface area contributed by atoms with Crippen LogP contribution in [0.25, 0.3) is 11.5 Å². The van der Waals surface area contributed by atoms with Gasteiger partial charge in [0, 0.05) is 25.8 Å². The van der Waals surface area contributed by atoms with Crippen molar-refractivity contribution in [1.82, 2.24) is 15.1 Å². The van der Waals surface area contributed by atoms with E-state index in [0.29, 0.717) is 24.9 Å². The minimum Gasteiger partial charge on any atom is -0.420 e. The van der Waals surface area contributed by atoms with Crippen molar-refractivity contribution in [2.75, 3.05) is 26.8 Å². The second kappa shape index (κ2) is 6.27. The smallest absolute Gasteiger partial charge is 0.248 e. The maximum Gasteiger partial charge on any atom is 0.248 e. The SMILES string of the molecule is COCC(=O)N1CC[C@H](c2nnc(-c3ccc(C)cc3)o2)C1. The molecule has 1 amide bonds. The Hall–Kier alpha value is -2.21. The summed E-state index contributed by atoms with van der Waals surface area (Å²) in [6.07, 6.45) is 0.838. The standard InChI is InChI=1S/C16H19N3O3/c1-11-3-5-12(6-4-11)15-17-18-16(22-15)13-7-8-19(9-13)14(20)10-21-2/h3-6,13H,7-10H2,1-2H3/t13-/m0/s1. The summed E-state index contributed by atoms with van der Waals surface area (Å²) in [5.74, 6) is 1.23. The van der Waals surface area contributed by atoms with Gasteiger partial charge in [0.2, 0.25) is 17.7 Å². The second-order valence-corrected chi connectivity index (χ2v) is 5.57. The van der Waals surface area contributed by atoms with Crippen molar-refractivity contribution < 1.29 is 13.9 Å². The Morgan fingerprint density at radius 1 is 1.36 bits per heavy atom. The summed E-state index contributed by atoms with van der Waals surface area (Å²) >= 11 is 0. The van der Waals surface area contributed by atoms with Gasteiger partial charge in [0.05, 0.1) is 5.92 Å². The van der Waals surface area contributed by atoms with E-state index in [1.54, 1.807) is 4.90 Å². The highest BCUT2D eigenvalue weighted by atomic mass is 16.5. The van der Waals surface area contributed by atoms with Gasteiger partial charge in [0.15, 0.2) is 0 Å². The molecule has 3 rings (SSSR count). The number of aryl methyl sites for hydroxylation is 1. The average molecular weight is 301 g/mol. The van der Waals surface area contributed by atoms with E-state index in [1.807, 2.05) is 31.2 Å². The van der Waals surface area contributed by atoms with Gasteiger partial charge in [-0.25, -0.2) is 0 Å². The Balaban J connectivity index is 1.69. The summed E-state index contributed by atoms with van der Waals surface area (Å²) in [4.78, 5) is 13.6. The zero-order valence-corrected chi connectivity index (χ0v) is 12.8. The van der Waals surface area contributed by atoms with E-state index in [-0.39, 0.29) is 18.4 Å². The van der Waals surface area contributed by atoms with Crippen molar-refractivity contribution in [2.45, 2.75) is 19.3 Å². The van der Waals surface area contributed by atoms with Crippen LogP contribution in [0.1, 0.15) is 23.8 Å². The summed E-state index contributed by atoms with van der Waals surface area (Å²) in [7, 11) is 1.53. The molecule has 1 aromatic heterocycles. The van der Waals surface area contributed by atoms with E-state index in [4.69, 9.17) is 9.15 Å². The van der Waals surface area contributed by atoms with E-state index in [0.717, 1.165) is 12.0 Å². The van der Waals surface area contributed by atoms with Gasteiger partial charge >= 0.3 is 0 Å². The highest BCUT2D eigenvalue weighted by molar-refractivity contribution is 5.77. The van der Waals surface area contributed by atoms with Gasteiger partial charge in [0.25, 0.3) is 0 Å². The van der Waals surface area contributed by atoms with Gasteiger partial charge in [-0.3, -0.25) is 4.79 Å². The molecule has 1 aromatic carbocycles. The number of hydrogen-bond acceptors (Lipinski definition) is 5. The molecule has 1 saturated heterocycles. The second-order valence-electron chi connectivity index (χ2n) is 5.57. The monoisotopic (exact) mass is 301 g/mol. The Morgan fingerprint density at radius 3 is 2.86 bits per heavy atom. The molecule has 0 saturated carbocycles. The molecule has 0 radical (unpaired) electrons. The van der Waals surface area contributed by atoms with Crippen LogP contribution in [0, 0.1) is 6.92 Å². The van der Waals surface area contributed by atoms with Crippen LogP contribution >= 0.6 is 0 Å². The van der Waals surface area contributed by atoms with Crippen LogP contribution < -0.4 is 0 Å². The lowest BCUT2D eigenvalue weighted by Crippen LogP contribution is -2.31. The number of aromatic nitrogens is 2. The van der Waals surface area contributed by atoms with Crippen LogP contribution in [0.5, 0.6) is 0 Å². The van der Waals surface area contributed by atoms with Crippen molar-refractivity contribution in [3.05, 3.63) is 35.7 Å². The molecular formula is C16H19N3O3. The highest BCUT2D eigenvalue weighted by Gasteiger charge is 2.30. The summed E-state index contributed by atoms with van der Waals surface area (Å²) in [6.45, 7) is 3.46. The van der Waals surface area contributed by atoms with Gasteiger partial charge in [-0.05, 0) is 25.5 Å². The van der Waals surface area contributed by atoms with Crippen LogP contribution in [0.4, 0.5) is 0 Å². The van der Waals surface area contributed by atoms with Gasteiger partial charge < -0.3 is 14.1 Å². The van der Waals surface area contributed by atoms with Crippen molar-refractivity contribution in [2.24, 2.45) is 0 Å². The molecule has 2 heterocycles. The number of amides is 1. The molecule has 1 aliphatic rings. The van der Waals surface area contributed by atoms with E-state index < -0.39 is 0 Å². The molecule has 1 atom stereocenters. The number of benzene rings is 1. The number of rotatable bonds is 4. The molecule has 0 unspecified atom stereocenters. The zero-order chi connectivity index (χ0) is 15.5. The molecule has 116 valence electrons. The molecule has 2 aromatic rings. The molecule has 0 spiro atoms. The van der Waals surface area contributed by atoms with Crippen LogP contribution in [0.2, 0.25) is 0 Å². The average Bonchev–Trinajstić information content (AvgIpc) is 3.17. The number of ether oxygens (including phenoxy) is 1. The lowest BCUT2D eigenvalue weighted by molar-refractivity contribution is -0.134. The fourth-order valence-electron chi connectivity index (χ4n) is 2.62. The van der Waals surface area contributed by atoms with Crippen molar-refractivity contribution in [1.29, 1.82) is 0 Å². The molecule has 0 N–H and O–H groups in total. The molecular weight excluding hydrogens is 282 g/mol. The first-order chi connectivity index (χ1) is 10.7. The molecule has 0 aliphatic carbocycles. The van der Waals surface area contributed by atoms with Crippen LogP contribution in [0.15, 0.2) is 28.7 Å². The normalized spacial score (nSPS) is 17.9. The summed E-state index contributed by atoms with van der Waals surface area (Å²) < 4.78 is 10.7. The third kappa shape index (κ3) is 3.01. The number of nitrogens with zero attached hydrogens (tertiary/aromatic N) is 3. The summed E-state index contributed by atoms with van der Waals surface area (Å²) in [6, 6.07) is 7.96. The molecule has 1 fully saturated rings. The van der Waals surface area contributed by atoms with E-state index in [2.05, 4.69) is 10.2 Å². The maximum atomic E-state index is 11.8. The number of hydrogen-bond donors (Lipinski definition) is 0. The minimum absolute atomic E-state index is 0.00303. The first-order valence-corrected chi connectivity index (χ1v) is 7.34. The fraction of sp³-hybridized carbons (Fsp3) is 0.438. The predicted molar refractivity (Wildman–Crippen MR) is 80.3 cm³/mol. The fourth-order valence-corrected chi connectivity index (χ4v) is 2.62. The lowest BCUT2D eigenvalue weighted by Gasteiger charge is -2.14. The first kappa shape index (κ1) is 14.7.